The molecule has 1 saturated heterocycles. The number of carbonyl (C=O) groups is 1. The average Bonchev–Trinajstić information content (AvgIpc) is 2.15. The number of aliphatic carboxylic acids is 1. The summed E-state index contributed by atoms with van der Waals surface area (Å²) in [5.41, 5.74) is -1.99. The maximum Gasteiger partial charge on any atom is 0.339 e. The Balaban J connectivity index is 2.75. The van der Waals surface area contributed by atoms with Crippen LogP contribution in [0.15, 0.2) is 0 Å². The van der Waals surface area contributed by atoms with E-state index in [9.17, 15) is 4.79 Å². The number of carboxylic acids is 1. The van der Waals surface area contributed by atoms with Gasteiger partial charge in [0.2, 0.25) is 5.60 Å². The number of hydrogen-bond acceptors (Lipinski definition) is 4. The van der Waals surface area contributed by atoms with Crippen molar-refractivity contribution in [3.63, 3.8) is 0 Å². The lowest BCUT2D eigenvalue weighted by atomic mass is 10.0. The van der Waals surface area contributed by atoms with Crippen molar-refractivity contribution >= 4 is 5.97 Å². The summed E-state index contributed by atoms with van der Waals surface area (Å²) in [6, 6.07) is 0. The first-order valence-corrected chi connectivity index (χ1v) is 2.92. The number of aliphatic hydroxyl groups excluding tert-OH is 1. The summed E-state index contributed by atoms with van der Waals surface area (Å²) in [5, 5.41) is 29.0. The standard InChI is InChI=1S/C5H9NO4/c7-3-1-6-2-5(3,10)4(8)9/h3,6-7,10H,1-2H2,(H,8,9)/t3-,5+/m1/s1. The number of carboxylic acid groups (broad SMARTS) is 1. The van der Waals surface area contributed by atoms with Crippen molar-refractivity contribution in [2.45, 2.75) is 11.7 Å². The Morgan fingerprint density at radius 2 is 2.30 bits per heavy atom. The summed E-state index contributed by atoms with van der Waals surface area (Å²) in [5.74, 6) is -1.38. The van der Waals surface area contributed by atoms with Crippen LogP contribution in [-0.2, 0) is 4.79 Å². The van der Waals surface area contributed by atoms with Crippen LogP contribution in [0, 0.1) is 0 Å². The Morgan fingerprint density at radius 1 is 1.70 bits per heavy atom. The van der Waals surface area contributed by atoms with Crippen LogP contribution < -0.4 is 5.32 Å². The third-order valence-corrected chi connectivity index (χ3v) is 1.65. The van der Waals surface area contributed by atoms with Gasteiger partial charge in [0.25, 0.3) is 0 Å². The first kappa shape index (κ1) is 7.46. The van der Waals surface area contributed by atoms with Crippen LogP contribution in [0.2, 0.25) is 0 Å². The van der Waals surface area contributed by atoms with E-state index in [-0.39, 0.29) is 13.1 Å². The van der Waals surface area contributed by atoms with Gasteiger partial charge in [0.05, 0.1) is 0 Å². The smallest absolute Gasteiger partial charge is 0.339 e. The van der Waals surface area contributed by atoms with Crippen LogP contribution in [0.3, 0.4) is 0 Å². The fourth-order valence-corrected chi connectivity index (χ4v) is 0.904. The number of β-amino-alcohol motifs (C(OH)–C–C–N with tert-alkyl or cyclic N) is 2. The minimum Gasteiger partial charge on any atom is -0.479 e. The van der Waals surface area contributed by atoms with E-state index >= 15 is 0 Å². The van der Waals surface area contributed by atoms with Crippen LogP contribution in [0.25, 0.3) is 0 Å². The monoisotopic (exact) mass is 147 g/mol. The second-order valence-corrected chi connectivity index (χ2v) is 2.38. The number of nitrogens with one attached hydrogen (secondary N) is 1. The summed E-state index contributed by atoms with van der Waals surface area (Å²) in [7, 11) is 0. The number of rotatable bonds is 1. The Kier molecular flexibility index (Phi) is 1.63. The first-order chi connectivity index (χ1) is 4.57. The van der Waals surface area contributed by atoms with Gasteiger partial charge in [-0.3, -0.25) is 0 Å². The zero-order valence-corrected chi connectivity index (χ0v) is 5.24. The second kappa shape index (κ2) is 2.19. The Bertz CT molecular complexity index is 160. The van der Waals surface area contributed by atoms with Gasteiger partial charge in [0.1, 0.15) is 6.10 Å². The van der Waals surface area contributed by atoms with E-state index in [0.717, 1.165) is 0 Å². The molecule has 1 aliphatic rings. The zero-order valence-electron chi connectivity index (χ0n) is 5.24. The molecular formula is C5H9NO4. The predicted molar refractivity (Wildman–Crippen MR) is 31.5 cm³/mol. The summed E-state index contributed by atoms with van der Waals surface area (Å²) in [6.07, 6.45) is -1.20. The largest absolute Gasteiger partial charge is 0.479 e. The molecule has 2 atom stereocenters. The molecule has 0 aromatic heterocycles. The van der Waals surface area contributed by atoms with Gasteiger partial charge >= 0.3 is 5.97 Å². The molecule has 0 spiro atoms. The van der Waals surface area contributed by atoms with E-state index in [1.165, 1.54) is 0 Å². The third kappa shape index (κ3) is 0.880. The molecule has 0 unspecified atom stereocenters. The molecule has 1 fully saturated rings. The predicted octanol–water partition coefficient (Wildman–Crippen LogP) is -2.23. The van der Waals surface area contributed by atoms with Crippen molar-refractivity contribution in [3.05, 3.63) is 0 Å². The van der Waals surface area contributed by atoms with Crippen LogP contribution in [-0.4, -0.2) is 46.1 Å². The summed E-state index contributed by atoms with van der Waals surface area (Å²) in [6.45, 7) is 0.0340. The SMILES string of the molecule is O=C(O)[C@]1(O)CNC[C@H]1O. The fraction of sp³-hybridized carbons (Fsp3) is 0.800. The van der Waals surface area contributed by atoms with Gasteiger partial charge in [-0.15, -0.1) is 0 Å². The lowest BCUT2D eigenvalue weighted by Crippen LogP contribution is -2.49. The van der Waals surface area contributed by atoms with Gasteiger partial charge < -0.3 is 20.6 Å². The van der Waals surface area contributed by atoms with Crippen molar-refractivity contribution < 1.29 is 20.1 Å². The summed E-state index contributed by atoms with van der Waals surface area (Å²) >= 11 is 0. The van der Waals surface area contributed by atoms with Gasteiger partial charge in [0.15, 0.2) is 0 Å². The molecule has 0 radical (unpaired) electrons. The molecule has 0 aromatic rings. The molecule has 0 amide bonds. The zero-order chi connectivity index (χ0) is 7.78. The van der Waals surface area contributed by atoms with Crippen LogP contribution in [0.4, 0.5) is 0 Å². The third-order valence-electron chi connectivity index (χ3n) is 1.65. The topological polar surface area (TPSA) is 89.8 Å². The van der Waals surface area contributed by atoms with E-state index in [2.05, 4.69) is 5.32 Å². The van der Waals surface area contributed by atoms with Gasteiger partial charge in [0, 0.05) is 13.1 Å². The first-order valence-electron chi connectivity index (χ1n) is 2.92. The molecule has 0 bridgehead atoms. The molecular weight excluding hydrogens is 138 g/mol. The summed E-state index contributed by atoms with van der Waals surface area (Å²) < 4.78 is 0. The Labute approximate surface area is 57.3 Å². The molecule has 5 heteroatoms. The van der Waals surface area contributed by atoms with Gasteiger partial charge in [-0.25, -0.2) is 4.79 Å². The highest BCUT2D eigenvalue weighted by molar-refractivity contribution is 5.78. The summed E-state index contributed by atoms with van der Waals surface area (Å²) in [4.78, 5) is 10.3. The van der Waals surface area contributed by atoms with Crippen LogP contribution >= 0.6 is 0 Å². The van der Waals surface area contributed by atoms with Crippen molar-refractivity contribution in [1.82, 2.24) is 5.32 Å². The normalized spacial score (nSPS) is 40.0. The van der Waals surface area contributed by atoms with E-state index in [4.69, 9.17) is 15.3 Å². The van der Waals surface area contributed by atoms with Crippen LogP contribution in [0.5, 0.6) is 0 Å². The fourth-order valence-electron chi connectivity index (χ4n) is 0.904. The van der Waals surface area contributed by atoms with Crippen molar-refractivity contribution in [3.8, 4) is 0 Å². The molecule has 0 aromatic carbocycles. The van der Waals surface area contributed by atoms with Crippen molar-refractivity contribution in [2.75, 3.05) is 13.1 Å². The van der Waals surface area contributed by atoms with E-state index in [0.29, 0.717) is 0 Å². The maximum atomic E-state index is 10.3. The molecule has 58 valence electrons. The number of aliphatic hydroxyl groups is 2. The van der Waals surface area contributed by atoms with E-state index in [1.807, 2.05) is 0 Å². The lowest BCUT2D eigenvalue weighted by molar-refractivity contribution is -0.165. The molecule has 1 rings (SSSR count). The van der Waals surface area contributed by atoms with E-state index < -0.39 is 17.7 Å². The van der Waals surface area contributed by atoms with Gasteiger partial charge in [-0.05, 0) is 0 Å². The molecule has 1 aliphatic heterocycles. The van der Waals surface area contributed by atoms with Crippen molar-refractivity contribution in [1.29, 1.82) is 0 Å². The molecule has 1 heterocycles. The lowest BCUT2D eigenvalue weighted by Gasteiger charge is -2.18. The molecule has 0 aliphatic carbocycles. The van der Waals surface area contributed by atoms with Crippen molar-refractivity contribution in [2.24, 2.45) is 0 Å². The Hall–Kier alpha value is -0.650. The molecule has 0 saturated carbocycles. The highest BCUT2D eigenvalue weighted by Crippen LogP contribution is 2.14. The maximum absolute atomic E-state index is 10.3. The average molecular weight is 147 g/mol. The quantitative estimate of drug-likeness (QED) is 0.337. The minimum absolute atomic E-state index is 0.0938. The highest BCUT2D eigenvalue weighted by Gasteiger charge is 2.47. The highest BCUT2D eigenvalue weighted by atomic mass is 16.4. The van der Waals surface area contributed by atoms with E-state index in [1.54, 1.807) is 0 Å². The molecule has 5 nitrogen and oxygen atoms in total. The van der Waals surface area contributed by atoms with Crippen LogP contribution in [0.1, 0.15) is 0 Å². The minimum atomic E-state index is -1.99. The number of hydrogen-bond donors (Lipinski definition) is 4. The van der Waals surface area contributed by atoms with Gasteiger partial charge in [-0.1, -0.05) is 0 Å². The Morgan fingerprint density at radius 3 is 2.50 bits per heavy atom. The van der Waals surface area contributed by atoms with Gasteiger partial charge in [-0.2, -0.15) is 0 Å². The molecule has 10 heavy (non-hydrogen) atoms. The molecule has 4 N–H and O–H groups in total. The second-order valence-electron chi connectivity index (χ2n) is 2.38.